The lowest BCUT2D eigenvalue weighted by Crippen LogP contribution is -2.47. The number of imide groups is 1. The molecule has 0 unspecified atom stereocenters. The first-order valence-electron chi connectivity index (χ1n) is 6.44. The monoisotopic (exact) mass is 254 g/mol. The van der Waals surface area contributed by atoms with E-state index in [1.54, 1.807) is 12.0 Å². The maximum atomic E-state index is 12.4. The smallest absolute Gasteiger partial charge is 0.327 e. The summed E-state index contributed by atoms with van der Waals surface area (Å²) in [5, 5.41) is 0. The van der Waals surface area contributed by atoms with Crippen molar-refractivity contribution in [3.8, 4) is 0 Å². The van der Waals surface area contributed by atoms with Gasteiger partial charge in [0, 0.05) is 26.1 Å². The number of carbonyl (C=O) groups excluding carboxylic acids is 2. The van der Waals surface area contributed by atoms with E-state index in [4.69, 9.17) is 4.74 Å². The first-order valence-corrected chi connectivity index (χ1v) is 6.44. The minimum atomic E-state index is -0.313. The highest BCUT2D eigenvalue weighted by atomic mass is 16.5. The van der Waals surface area contributed by atoms with E-state index < -0.39 is 0 Å². The van der Waals surface area contributed by atoms with Crippen molar-refractivity contribution in [1.82, 2.24) is 9.80 Å². The summed E-state index contributed by atoms with van der Waals surface area (Å²) < 4.78 is 5.24. The van der Waals surface area contributed by atoms with Crippen molar-refractivity contribution in [3.63, 3.8) is 0 Å². The lowest BCUT2D eigenvalue weighted by atomic mass is 9.87. The normalized spacial score (nSPS) is 30.1. The highest BCUT2D eigenvalue weighted by Crippen LogP contribution is 2.34. The van der Waals surface area contributed by atoms with Crippen LogP contribution >= 0.6 is 0 Å². The Morgan fingerprint density at radius 2 is 1.94 bits per heavy atom. The standard InChI is InChI=1S/C13H22N2O3/c1-8(13(2,3)4)15-11(16)10-6-9(18-5)7-14(10)12(15)17/h8-10H,6-7H2,1-5H3/t8-,9+,10-/m0/s1. The van der Waals surface area contributed by atoms with Crippen LogP contribution in [0.25, 0.3) is 0 Å². The van der Waals surface area contributed by atoms with Crippen LogP contribution in [-0.2, 0) is 9.53 Å². The Hall–Kier alpha value is -1.10. The first-order chi connectivity index (χ1) is 8.27. The molecule has 102 valence electrons. The summed E-state index contributed by atoms with van der Waals surface area (Å²) in [6.07, 6.45) is 0.615. The molecule has 2 aliphatic heterocycles. The first kappa shape index (κ1) is 13.3. The second-order valence-electron chi connectivity index (χ2n) is 6.29. The summed E-state index contributed by atoms with van der Waals surface area (Å²) in [6.45, 7) is 8.59. The van der Waals surface area contributed by atoms with Gasteiger partial charge in [-0.15, -0.1) is 0 Å². The van der Waals surface area contributed by atoms with Crippen molar-refractivity contribution >= 4 is 11.9 Å². The third kappa shape index (κ3) is 1.90. The minimum absolute atomic E-state index is 0.00464. The van der Waals surface area contributed by atoms with Crippen LogP contribution in [0.1, 0.15) is 34.1 Å². The van der Waals surface area contributed by atoms with Crippen LogP contribution < -0.4 is 0 Å². The van der Waals surface area contributed by atoms with Gasteiger partial charge in [-0.05, 0) is 12.3 Å². The lowest BCUT2D eigenvalue weighted by molar-refractivity contribution is -0.130. The van der Waals surface area contributed by atoms with E-state index in [1.807, 2.05) is 27.7 Å². The van der Waals surface area contributed by atoms with E-state index in [-0.39, 0.29) is 35.5 Å². The summed E-state index contributed by atoms with van der Waals surface area (Å²) in [7, 11) is 1.62. The molecule has 5 nitrogen and oxygen atoms in total. The Bertz CT molecular complexity index is 351. The molecule has 0 aliphatic carbocycles. The summed E-state index contributed by atoms with van der Waals surface area (Å²) in [6, 6.07) is -0.566. The van der Waals surface area contributed by atoms with E-state index >= 15 is 0 Å². The van der Waals surface area contributed by atoms with Crippen molar-refractivity contribution in [2.75, 3.05) is 13.7 Å². The molecule has 0 aromatic rings. The molecule has 3 atom stereocenters. The largest absolute Gasteiger partial charge is 0.380 e. The molecule has 0 spiro atoms. The topological polar surface area (TPSA) is 49.9 Å². The number of fused-ring (bicyclic) bond motifs is 1. The third-order valence-corrected chi connectivity index (χ3v) is 4.21. The zero-order valence-corrected chi connectivity index (χ0v) is 11.8. The number of rotatable bonds is 2. The zero-order valence-electron chi connectivity index (χ0n) is 11.8. The fourth-order valence-electron chi connectivity index (χ4n) is 2.55. The number of methoxy groups -OCH3 is 1. The average molecular weight is 254 g/mol. The summed E-state index contributed by atoms with van der Waals surface area (Å²) in [4.78, 5) is 27.8. The van der Waals surface area contributed by atoms with Gasteiger partial charge in [0.15, 0.2) is 0 Å². The zero-order chi connectivity index (χ0) is 13.7. The third-order valence-electron chi connectivity index (χ3n) is 4.21. The molecule has 0 aromatic carbocycles. The van der Waals surface area contributed by atoms with Gasteiger partial charge in [0.1, 0.15) is 6.04 Å². The Balaban J connectivity index is 2.19. The van der Waals surface area contributed by atoms with Gasteiger partial charge in [-0.25, -0.2) is 4.79 Å². The predicted octanol–water partition coefficient (Wildman–Crippen LogP) is 1.47. The summed E-state index contributed by atoms with van der Waals surface area (Å²) in [5.41, 5.74) is -0.105. The molecule has 0 N–H and O–H groups in total. The molecular formula is C13H22N2O3. The van der Waals surface area contributed by atoms with Crippen molar-refractivity contribution in [3.05, 3.63) is 0 Å². The summed E-state index contributed by atoms with van der Waals surface area (Å²) in [5.74, 6) is -0.0676. The molecule has 18 heavy (non-hydrogen) atoms. The van der Waals surface area contributed by atoms with Crippen LogP contribution in [0.4, 0.5) is 4.79 Å². The molecule has 2 rings (SSSR count). The van der Waals surface area contributed by atoms with Crippen LogP contribution in [0.15, 0.2) is 0 Å². The molecule has 0 radical (unpaired) electrons. The number of amides is 3. The van der Waals surface area contributed by atoms with Crippen LogP contribution in [-0.4, -0.2) is 53.6 Å². The number of hydrogen-bond donors (Lipinski definition) is 0. The van der Waals surface area contributed by atoms with Crippen molar-refractivity contribution < 1.29 is 14.3 Å². The molecule has 2 saturated heterocycles. The molecule has 0 saturated carbocycles. The molecule has 5 heteroatoms. The fraction of sp³-hybridized carbons (Fsp3) is 0.846. The van der Waals surface area contributed by atoms with E-state index in [2.05, 4.69) is 0 Å². The highest BCUT2D eigenvalue weighted by Gasteiger charge is 2.53. The maximum absolute atomic E-state index is 12.4. The quantitative estimate of drug-likeness (QED) is 0.701. The van der Waals surface area contributed by atoms with Crippen LogP contribution in [0, 0.1) is 5.41 Å². The van der Waals surface area contributed by atoms with Gasteiger partial charge in [0.25, 0.3) is 5.91 Å². The number of ether oxygens (including phenoxy) is 1. The predicted molar refractivity (Wildman–Crippen MR) is 67.1 cm³/mol. The van der Waals surface area contributed by atoms with E-state index in [1.165, 1.54) is 4.90 Å². The Kier molecular flexibility index (Phi) is 3.13. The van der Waals surface area contributed by atoms with Gasteiger partial charge in [-0.1, -0.05) is 20.8 Å². The molecular weight excluding hydrogens is 232 g/mol. The molecule has 2 aliphatic rings. The van der Waals surface area contributed by atoms with E-state index in [0.717, 1.165) is 0 Å². The minimum Gasteiger partial charge on any atom is -0.380 e. The second kappa shape index (κ2) is 4.23. The van der Waals surface area contributed by atoms with Crippen LogP contribution in [0.3, 0.4) is 0 Å². The molecule has 0 aromatic heterocycles. The van der Waals surface area contributed by atoms with E-state index in [9.17, 15) is 9.59 Å². The molecule has 0 bridgehead atoms. The van der Waals surface area contributed by atoms with Crippen molar-refractivity contribution in [2.45, 2.75) is 52.3 Å². The van der Waals surface area contributed by atoms with Gasteiger partial charge in [0.05, 0.1) is 6.10 Å². The van der Waals surface area contributed by atoms with Gasteiger partial charge in [-0.2, -0.15) is 0 Å². The molecule has 2 fully saturated rings. The fourth-order valence-corrected chi connectivity index (χ4v) is 2.55. The van der Waals surface area contributed by atoms with Crippen molar-refractivity contribution in [1.29, 1.82) is 0 Å². The van der Waals surface area contributed by atoms with Gasteiger partial charge < -0.3 is 9.64 Å². The number of urea groups is 1. The van der Waals surface area contributed by atoms with Crippen molar-refractivity contribution in [2.24, 2.45) is 5.41 Å². The Morgan fingerprint density at radius 3 is 2.39 bits per heavy atom. The number of carbonyl (C=O) groups is 2. The van der Waals surface area contributed by atoms with Gasteiger partial charge >= 0.3 is 6.03 Å². The average Bonchev–Trinajstić information content (AvgIpc) is 2.78. The maximum Gasteiger partial charge on any atom is 0.327 e. The number of hydrogen-bond acceptors (Lipinski definition) is 3. The van der Waals surface area contributed by atoms with Gasteiger partial charge in [0.2, 0.25) is 0 Å². The van der Waals surface area contributed by atoms with E-state index in [0.29, 0.717) is 13.0 Å². The SMILES string of the molecule is CO[C@@H]1C[C@H]2C(=O)N([C@@H](C)C(C)(C)C)C(=O)N2C1. The lowest BCUT2D eigenvalue weighted by Gasteiger charge is -2.33. The number of nitrogens with zero attached hydrogens (tertiary/aromatic N) is 2. The Labute approximate surface area is 108 Å². The van der Waals surface area contributed by atoms with Crippen LogP contribution in [0.5, 0.6) is 0 Å². The Morgan fingerprint density at radius 1 is 1.33 bits per heavy atom. The van der Waals surface area contributed by atoms with Crippen LogP contribution in [0.2, 0.25) is 0 Å². The summed E-state index contributed by atoms with van der Waals surface area (Å²) >= 11 is 0. The highest BCUT2D eigenvalue weighted by molar-refractivity contribution is 6.05. The molecule has 2 heterocycles. The second-order valence-corrected chi connectivity index (χ2v) is 6.29. The molecule has 3 amide bonds. The van der Waals surface area contributed by atoms with Gasteiger partial charge in [-0.3, -0.25) is 9.69 Å².